The zero-order valence-corrected chi connectivity index (χ0v) is 18.8. The van der Waals surface area contributed by atoms with Crippen LogP contribution in [0.5, 0.6) is 0 Å². The topological polar surface area (TPSA) is 31.4 Å². The average Bonchev–Trinajstić information content (AvgIpc) is 2.53. The summed E-state index contributed by atoms with van der Waals surface area (Å²) in [5.74, 6) is 0. The number of aromatic nitrogens is 1. The van der Waals surface area contributed by atoms with E-state index in [1.807, 2.05) is 6.07 Å². The maximum absolute atomic E-state index is 6.65. The zero-order chi connectivity index (χ0) is 18.0. The molecule has 1 aliphatic rings. The fraction of sp³-hybridized carbons (Fsp3) is 0.316. The number of fused-ring (bicyclic) bond motifs is 3. The Balaban J connectivity index is 2.06. The van der Waals surface area contributed by atoms with E-state index in [0.717, 1.165) is 11.0 Å². The van der Waals surface area contributed by atoms with Crippen molar-refractivity contribution in [2.75, 3.05) is 0 Å². The quantitative estimate of drug-likeness (QED) is 0.435. The molecule has 0 radical (unpaired) electrons. The lowest BCUT2D eigenvalue weighted by Crippen LogP contribution is -2.57. The van der Waals surface area contributed by atoms with Gasteiger partial charge in [-0.3, -0.25) is 0 Å². The molecule has 6 heteroatoms. The highest BCUT2D eigenvalue weighted by Gasteiger charge is 2.47. The molecule has 2 aromatic carbocycles. The molecule has 1 aliphatic heterocycles. The summed E-state index contributed by atoms with van der Waals surface area (Å²) in [6.45, 7) is 13.6. The molecule has 0 saturated carbocycles. The Morgan fingerprint density at radius 3 is 1.96 bits per heavy atom. The first-order chi connectivity index (χ1) is 11.6. The maximum Gasteiger partial charge on any atom is 0.311 e. The molecule has 0 fully saturated rings. The van der Waals surface area contributed by atoms with Gasteiger partial charge in [0.05, 0.1) is 11.0 Å². The number of hydrogen-bond donors (Lipinski definition) is 0. The summed E-state index contributed by atoms with van der Waals surface area (Å²) in [5.41, 5.74) is 2.11. The van der Waals surface area contributed by atoms with Gasteiger partial charge in [0.15, 0.2) is 0 Å². The van der Waals surface area contributed by atoms with Crippen LogP contribution in [-0.4, -0.2) is 30.2 Å². The third-order valence-corrected chi connectivity index (χ3v) is 16.6. The summed E-state index contributed by atoms with van der Waals surface area (Å²) in [7, 11) is -6.20. The lowest BCUT2D eigenvalue weighted by atomic mass is 10.1. The van der Waals surface area contributed by atoms with Crippen molar-refractivity contribution in [1.29, 1.82) is 0 Å². The number of benzene rings is 2. The summed E-state index contributed by atoms with van der Waals surface area (Å²) in [4.78, 5) is 4.92. The maximum atomic E-state index is 6.65. The Kier molecular flexibility index (Phi) is 3.66. The average molecular weight is 384 g/mol. The fourth-order valence-electron chi connectivity index (χ4n) is 4.18. The predicted octanol–water partition coefficient (Wildman–Crippen LogP) is 3.96. The highest BCUT2D eigenvalue weighted by molar-refractivity contribution is 7.03. The van der Waals surface area contributed by atoms with Crippen LogP contribution in [0.2, 0.25) is 39.3 Å². The van der Waals surface area contributed by atoms with Gasteiger partial charge < -0.3 is 8.23 Å². The Bertz CT molecular complexity index is 921. The minimum Gasteiger partial charge on any atom is -0.433 e. The van der Waals surface area contributed by atoms with Gasteiger partial charge in [-0.1, -0.05) is 24.3 Å². The second-order valence-corrected chi connectivity index (χ2v) is 19.9. The number of para-hydroxylation sites is 1. The van der Waals surface area contributed by atoms with Gasteiger partial charge in [0, 0.05) is 10.8 Å². The van der Waals surface area contributed by atoms with Crippen LogP contribution < -0.4 is 10.4 Å². The normalized spacial score (nSPS) is 21.0. The van der Waals surface area contributed by atoms with Gasteiger partial charge in [0.25, 0.3) is 0 Å². The van der Waals surface area contributed by atoms with Gasteiger partial charge >= 0.3 is 8.56 Å². The molecular weight excluding hydrogens is 358 g/mol. The van der Waals surface area contributed by atoms with Crippen LogP contribution in [-0.2, 0) is 8.23 Å². The van der Waals surface area contributed by atoms with E-state index >= 15 is 0 Å². The van der Waals surface area contributed by atoms with E-state index in [0.29, 0.717) is 0 Å². The summed E-state index contributed by atoms with van der Waals surface area (Å²) in [6, 6.07) is 15.2. The third-order valence-electron chi connectivity index (χ3n) is 4.95. The molecule has 0 bridgehead atoms. The largest absolute Gasteiger partial charge is 0.433 e. The molecule has 1 aromatic heterocycles. The molecule has 0 N–H and O–H groups in total. The highest BCUT2D eigenvalue weighted by atomic mass is 28.5. The molecule has 0 amide bonds. The SMILES string of the molecule is C[Si]1(C)O[Si](C)(C)c2cc3cc4ccccc4nc3cc2[Si](C)(C)O1. The minimum atomic E-state index is -2.13. The summed E-state index contributed by atoms with van der Waals surface area (Å²) in [6.07, 6.45) is 0. The minimum absolute atomic E-state index is 1.05. The van der Waals surface area contributed by atoms with Gasteiger partial charge in [-0.05, 0) is 67.9 Å². The van der Waals surface area contributed by atoms with E-state index in [2.05, 4.69) is 75.7 Å². The second-order valence-electron chi connectivity index (χ2n) is 8.40. The number of nitrogens with zero attached hydrogens (tertiary/aromatic N) is 1. The number of hydrogen-bond acceptors (Lipinski definition) is 3. The smallest absolute Gasteiger partial charge is 0.311 e. The lowest BCUT2D eigenvalue weighted by Gasteiger charge is -2.33. The molecule has 3 aromatic rings. The first-order valence-corrected chi connectivity index (χ1v) is 17.5. The van der Waals surface area contributed by atoms with Crippen LogP contribution in [0.15, 0.2) is 42.5 Å². The standard InChI is InChI=1S/C19H25NO2Si3/c1-23(2)18-12-15-11-14-9-7-8-10-16(14)20-17(15)13-19(18)24(3,4)22-25(5,6)21-23/h7-13H,1-6H3. The third kappa shape index (κ3) is 2.92. The molecule has 0 aliphatic carbocycles. The van der Waals surface area contributed by atoms with Gasteiger partial charge in [-0.25, -0.2) is 4.98 Å². The number of pyridine rings is 1. The molecular formula is C19H25NO2Si3. The van der Waals surface area contributed by atoms with Gasteiger partial charge in [0.1, 0.15) is 0 Å². The van der Waals surface area contributed by atoms with Gasteiger partial charge in [-0.15, -0.1) is 0 Å². The van der Waals surface area contributed by atoms with Crippen LogP contribution in [0.1, 0.15) is 0 Å². The van der Waals surface area contributed by atoms with Crippen molar-refractivity contribution >= 4 is 57.4 Å². The Morgan fingerprint density at radius 1 is 0.680 bits per heavy atom. The first-order valence-electron chi connectivity index (χ1n) is 8.82. The van der Waals surface area contributed by atoms with E-state index in [1.165, 1.54) is 21.1 Å². The zero-order valence-electron chi connectivity index (χ0n) is 15.8. The molecule has 0 saturated heterocycles. The van der Waals surface area contributed by atoms with Crippen LogP contribution >= 0.6 is 0 Å². The number of rotatable bonds is 0. The molecule has 4 rings (SSSR count). The first kappa shape index (κ1) is 17.1. The van der Waals surface area contributed by atoms with Gasteiger partial charge in [0.2, 0.25) is 16.6 Å². The van der Waals surface area contributed by atoms with Crippen LogP contribution in [0.4, 0.5) is 0 Å². The van der Waals surface area contributed by atoms with Crippen molar-refractivity contribution in [2.45, 2.75) is 39.3 Å². The monoisotopic (exact) mass is 383 g/mol. The Hall–Kier alpha value is -1.32. The van der Waals surface area contributed by atoms with Crippen molar-refractivity contribution in [3.8, 4) is 0 Å². The van der Waals surface area contributed by atoms with Crippen LogP contribution in [0, 0.1) is 0 Å². The summed E-state index contributed by atoms with van der Waals surface area (Å²) >= 11 is 0. The van der Waals surface area contributed by atoms with E-state index in [4.69, 9.17) is 13.2 Å². The van der Waals surface area contributed by atoms with E-state index in [-0.39, 0.29) is 0 Å². The van der Waals surface area contributed by atoms with Crippen LogP contribution in [0.25, 0.3) is 21.8 Å². The molecule has 0 unspecified atom stereocenters. The van der Waals surface area contributed by atoms with Crippen LogP contribution in [0.3, 0.4) is 0 Å². The van der Waals surface area contributed by atoms with Crippen molar-refractivity contribution < 1.29 is 8.23 Å². The molecule has 0 spiro atoms. The van der Waals surface area contributed by atoms with E-state index in [9.17, 15) is 0 Å². The van der Waals surface area contributed by atoms with Crippen molar-refractivity contribution in [1.82, 2.24) is 4.98 Å². The predicted molar refractivity (Wildman–Crippen MR) is 113 cm³/mol. The van der Waals surface area contributed by atoms with Crippen molar-refractivity contribution in [2.24, 2.45) is 0 Å². The summed E-state index contributed by atoms with van der Waals surface area (Å²) < 4.78 is 13.3. The summed E-state index contributed by atoms with van der Waals surface area (Å²) in [5, 5.41) is 5.16. The second kappa shape index (κ2) is 5.34. The molecule has 25 heavy (non-hydrogen) atoms. The van der Waals surface area contributed by atoms with Crippen molar-refractivity contribution in [3.05, 3.63) is 42.5 Å². The fourth-order valence-corrected chi connectivity index (χ4v) is 19.7. The molecule has 2 heterocycles. The van der Waals surface area contributed by atoms with Crippen molar-refractivity contribution in [3.63, 3.8) is 0 Å². The Labute approximate surface area is 152 Å². The molecule has 130 valence electrons. The van der Waals surface area contributed by atoms with E-state index in [1.54, 1.807) is 0 Å². The molecule has 3 nitrogen and oxygen atoms in total. The molecule has 0 atom stereocenters. The van der Waals surface area contributed by atoms with E-state index < -0.39 is 25.2 Å². The van der Waals surface area contributed by atoms with Gasteiger partial charge in [-0.2, -0.15) is 0 Å². The lowest BCUT2D eigenvalue weighted by molar-refractivity contribution is 0.405. The Morgan fingerprint density at radius 2 is 1.28 bits per heavy atom. The highest BCUT2D eigenvalue weighted by Crippen LogP contribution is 2.27.